The van der Waals surface area contributed by atoms with Crippen molar-refractivity contribution in [2.45, 2.75) is 68.3 Å². The van der Waals surface area contributed by atoms with Crippen LogP contribution in [-0.2, 0) is 14.2 Å². The summed E-state index contributed by atoms with van der Waals surface area (Å²) in [4.78, 5) is 0. The van der Waals surface area contributed by atoms with Crippen molar-refractivity contribution < 1.29 is 69.3 Å². The van der Waals surface area contributed by atoms with E-state index in [2.05, 4.69) is 0 Å². The average molecular weight is 580 g/mol. The molecule has 0 bridgehead atoms. The van der Waals surface area contributed by atoms with Crippen LogP contribution >= 0.6 is 0 Å². The molecule has 0 spiro atoms. The predicted molar refractivity (Wildman–Crippen MR) is 137 cm³/mol. The molecule has 10 unspecified atom stereocenters. The predicted octanol–water partition coefficient (Wildman–Crippen LogP) is -0.472. The summed E-state index contributed by atoms with van der Waals surface area (Å²) in [6.07, 6.45) is -15.0. The summed E-state index contributed by atoms with van der Waals surface area (Å²) >= 11 is 0. The molecule has 14 heteroatoms. The lowest BCUT2D eigenvalue weighted by Crippen LogP contribution is -2.61. The van der Waals surface area contributed by atoms with Crippen LogP contribution < -0.4 is 4.74 Å². The van der Waals surface area contributed by atoms with E-state index in [-0.39, 0.29) is 39.7 Å². The van der Waals surface area contributed by atoms with Crippen LogP contribution in [0, 0.1) is 0 Å². The number of hydrogen-bond acceptors (Lipinski definition) is 13. The molecule has 5 rings (SSSR count). The lowest BCUT2D eigenvalue weighted by atomic mass is 9.98. The Kier molecular flexibility index (Phi) is 8.20. The molecule has 2 saturated heterocycles. The second-order valence-corrected chi connectivity index (χ2v) is 10.0. The van der Waals surface area contributed by atoms with Crippen LogP contribution in [0.2, 0.25) is 0 Å². The highest BCUT2D eigenvalue weighted by Gasteiger charge is 2.48. The highest BCUT2D eigenvalue weighted by atomic mass is 16.7. The van der Waals surface area contributed by atoms with E-state index >= 15 is 0 Å². The molecule has 2 aliphatic rings. The molecule has 1 aromatic heterocycles. The third-order valence-electron chi connectivity index (χ3n) is 7.09. The standard InChI is InChI=1S/C27H30O14/c1-10-19(31)21(33)23(35)26(38-10)37-9-18-20(32)22(34)24(36)27(41-18)40-17-8-14-15(30)6-13(29)7-16(14)39-25(17)11-2-4-12(28)5-3-11/h2-8,10,18-24,26-27,31-36H,9H2,1H3,(H2-,28,29,30)/p+1. The second kappa shape index (κ2) is 11.5. The van der Waals surface area contributed by atoms with E-state index in [0.717, 1.165) is 6.07 Å². The highest BCUT2D eigenvalue weighted by molar-refractivity contribution is 5.88. The van der Waals surface area contributed by atoms with Gasteiger partial charge in [0.1, 0.15) is 65.4 Å². The molecule has 222 valence electrons. The van der Waals surface area contributed by atoms with E-state index in [1.807, 2.05) is 0 Å². The molecule has 41 heavy (non-hydrogen) atoms. The number of rotatable bonds is 6. The van der Waals surface area contributed by atoms with Gasteiger partial charge in [-0.3, -0.25) is 0 Å². The van der Waals surface area contributed by atoms with E-state index in [1.54, 1.807) is 0 Å². The first-order chi connectivity index (χ1) is 19.4. The van der Waals surface area contributed by atoms with Gasteiger partial charge in [0.2, 0.25) is 12.0 Å². The molecule has 2 aromatic carbocycles. The van der Waals surface area contributed by atoms with E-state index in [4.69, 9.17) is 23.4 Å². The van der Waals surface area contributed by atoms with E-state index in [9.17, 15) is 46.0 Å². The number of phenols is 3. The first-order valence-electron chi connectivity index (χ1n) is 12.7. The number of aliphatic hydroxyl groups excluding tert-OH is 6. The highest BCUT2D eigenvalue weighted by Crippen LogP contribution is 2.40. The average Bonchev–Trinajstić information content (AvgIpc) is 2.94. The van der Waals surface area contributed by atoms with Crippen molar-refractivity contribution >= 4 is 11.0 Å². The van der Waals surface area contributed by atoms with Crippen LogP contribution in [0.3, 0.4) is 0 Å². The van der Waals surface area contributed by atoms with Crippen LogP contribution in [-0.4, -0.2) is 114 Å². The fourth-order valence-corrected chi connectivity index (χ4v) is 4.70. The summed E-state index contributed by atoms with van der Waals surface area (Å²) in [6, 6.07) is 9.48. The number of ether oxygens (including phenoxy) is 4. The fourth-order valence-electron chi connectivity index (χ4n) is 4.70. The van der Waals surface area contributed by atoms with Crippen molar-refractivity contribution in [3.05, 3.63) is 42.5 Å². The quantitative estimate of drug-likeness (QED) is 0.168. The number of phenolic OH excluding ortho intramolecular Hbond substituents is 3. The van der Waals surface area contributed by atoms with Crippen LogP contribution in [0.4, 0.5) is 0 Å². The minimum Gasteiger partial charge on any atom is -0.508 e. The van der Waals surface area contributed by atoms with Gasteiger partial charge in [0.15, 0.2) is 6.29 Å². The van der Waals surface area contributed by atoms with E-state index < -0.39 is 68.0 Å². The van der Waals surface area contributed by atoms with Crippen molar-refractivity contribution in [2.75, 3.05) is 6.61 Å². The summed E-state index contributed by atoms with van der Waals surface area (Å²) in [5.41, 5.74) is 0.476. The van der Waals surface area contributed by atoms with Crippen LogP contribution in [0.15, 0.2) is 46.9 Å². The van der Waals surface area contributed by atoms with Crippen molar-refractivity contribution in [1.29, 1.82) is 0 Å². The van der Waals surface area contributed by atoms with E-state index in [0.29, 0.717) is 5.56 Å². The smallest absolute Gasteiger partial charge is 0.402 e. The number of benzene rings is 2. The molecule has 14 nitrogen and oxygen atoms in total. The molecule has 3 aromatic rings. The molecule has 0 amide bonds. The van der Waals surface area contributed by atoms with Crippen molar-refractivity contribution in [1.82, 2.24) is 0 Å². The van der Waals surface area contributed by atoms with Gasteiger partial charge in [0.05, 0.1) is 24.3 Å². The van der Waals surface area contributed by atoms with Crippen molar-refractivity contribution in [2.24, 2.45) is 0 Å². The van der Waals surface area contributed by atoms with Crippen LogP contribution in [0.5, 0.6) is 23.0 Å². The van der Waals surface area contributed by atoms with Gasteiger partial charge in [0, 0.05) is 12.1 Å². The Balaban J connectivity index is 1.42. The third-order valence-corrected chi connectivity index (χ3v) is 7.09. The molecule has 3 heterocycles. The first kappa shape index (κ1) is 29.2. The maximum atomic E-state index is 10.7. The maximum Gasteiger partial charge on any atom is 0.402 e. The van der Waals surface area contributed by atoms with Gasteiger partial charge in [-0.2, -0.15) is 0 Å². The Morgan fingerprint density at radius 2 is 1.39 bits per heavy atom. The van der Waals surface area contributed by atoms with Gasteiger partial charge in [-0.25, -0.2) is 4.42 Å². The van der Waals surface area contributed by atoms with Gasteiger partial charge in [-0.1, -0.05) is 0 Å². The number of fused-ring (bicyclic) bond motifs is 1. The summed E-state index contributed by atoms with van der Waals surface area (Å²) < 4.78 is 28.4. The molecule has 2 aliphatic heterocycles. The Hall–Kier alpha value is -3.31. The molecule has 0 aliphatic carbocycles. The summed E-state index contributed by atoms with van der Waals surface area (Å²) in [6.45, 7) is 0.973. The molecule has 9 N–H and O–H groups in total. The Morgan fingerprint density at radius 1 is 0.732 bits per heavy atom. The SMILES string of the molecule is CC1OC(OCC2OC(Oc3cc4c(O)cc(O)cc4[o+]c3-c3ccc(O)cc3)C(O)C(O)C2O)C(O)C(O)C1O. The first-order valence-corrected chi connectivity index (χ1v) is 12.7. The van der Waals surface area contributed by atoms with Crippen molar-refractivity contribution in [3.8, 4) is 34.3 Å². The summed E-state index contributed by atoms with van der Waals surface area (Å²) in [5, 5.41) is 92.0. The lowest BCUT2D eigenvalue weighted by molar-refractivity contribution is -0.318. The lowest BCUT2D eigenvalue weighted by Gasteiger charge is -2.42. The van der Waals surface area contributed by atoms with Crippen LogP contribution in [0.1, 0.15) is 6.92 Å². The fraction of sp³-hybridized carbons (Fsp3) is 0.444. The number of hydrogen-bond donors (Lipinski definition) is 9. The topological polar surface area (TPSA) is 230 Å². The van der Waals surface area contributed by atoms with Gasteiger partial charge in [-0.05, 0) is 31.2 Å². The zero-order valence-corrected chi connectivity index (χ0v) is 21.6. The maximum absolute atomic E-state index is 10.7. The molecular formula is C27H31O14+. The van der Waals surface area contributed by atoms with E-state index in [1.165, 1.54) is 43.3 Å². The number of aliphatic hydroxyl groups is 6. The van der Waals surface area contributed by atoms with Crippen LogP contribution in [0.25, 0.3) is 22.3 Å². The minimum atomic E-state index is -1.77. The minimum absolute atomic E-state index is 0.0261. The molecule has 2 fully saturated rings. The largest absolute Gasteiger partial charge is 0.508 e. The Morgan fingerprint density at radius 3 is 2.10 bits per heavy atom. The molecular weight excluding hydrogens is 548 g/mol. The molecule has 0 radical (unpaired) electrons. The van der Waals surface area contributed by atoms with Crippen molar-refractivity contribution in [3.63, 3.8) is 0 Å². The Bertz CT molecular complexity index is 1370. The monoisotopic (exact) mass is 579 g/mol. The molecule has 0 saturated carbocycles. The zero-order valence-electron chi connectivity index (χ0n) is 21.6. The van der Waals surface area contributed by atoms with Gasteiger partial charge in [0.25, 0.3) is 0 Å². The number of aromatic hydroxyl groups is 3. The third kappa shape index (κ3) is 5.74. The normalized spacial score (nSPS) is 34.0. The van der Waals surface area contributed by atoms with Gasteiger partial charge in [-0.15, -0.1) is 0 Å². The summed E-state index contributed by atoms with van der Waals surface area (Å²) in [5.74, 6) is -0.661. The van der Waals surface area contributed by atoms with Gasteiger partial charge < -0.3 is 64.9 Å². The second-order valence-electron chi connectivity index (χ2n) is 10.0. The summed E-state index contributed by atoms with van der Waals surface area (Å²) in [7, 11) is 0. The molecule has 10 atom stereocenters. The van der Waals surface area contributed by atoms with Gasteiger partial charge >= 0.3 is 11.3 Å². The zero-order chi connectivity index (χ0) is 29.6. The Labute approximate surface area is 232 Å².